The molecule has 0 rings (SSSR count). The average molecular weight is 442 g/mol. The van der Waals surface area contributed by atoms with E-state index in [1.54, 1.807) is 6.08 Å². The molecule has 0 heterocycles. The summed E-state index contributed by atoms with van der Waals surface area (Å²) >= 11 is 0. The SMILES string of the molecule is COCCOC(=O)N(CC(C)(C)C)C(=O)[C@@H](C=CCCC(=O)OC(C)(C)C)CC(C)C. The molecule has 0 radical (unpaired) electrons. The lowest BCUT2D eigenvalue weighted by molar-refractivity contribution is -0.154. The van der Waals surface area contributed by atoms with Gasteiger partial charge in [-0.2, -0.15) is 0 Å². The smallest absolute Gasteiger partial charge is 0.416 e. The second-order valence-electron chi connectivity index (χ2n) is 10.4. The Bertz CT molecular complexity index is 598. The van der Waals surface area contributed by atoms with E-state index in [1.165, 1.54) is 12.0 Å². The molecule has 0 aromatic rings. The number of methoxy groups -OCH3 is 1. The lowest BCUT2D eigenvalue weighted by Crippen LogP contribution is -2.45. The first kappa shape index (κ1) is 29.1. The maximum atomic E-state index is 13.3. The first-order valence-electron chi connectivity index (χ1n) is 11.0. The number of esters is 1. The minimum Gasteiger partial charge on any atom is -0.460 e. The number of carbonyl (C=O) groups is 3. The van der Waals surface area contributed by atoms with Crippen LogP contribution in [0, 0.1) is 17.3 Å². The molecule has 0 aromatic carbocycles. The van der Waals surface area contributed by atoms with Crippen LogP contribution in [-0.4, -0.2) is 55.3 Å². The van der Waals surface area contributed by atoms with Crippen LogP contribution in [0.2, 0.25) is 0 Å². The topological polar surface area (TPSA) is 82.1 Å². The molecule has 0 aliphatic carbocycles. The lowest BCUT2D eigenvalue weighted by Gasteiger charge is -2.30. The third kappa shape index (κ3) is 14.7. The highest BCUT2D eigenvalue weighted by atomic mass is 16.6. The maximum Gasteiger partial charge on any atom is 0.416 e. The van der Waals surface area contributed by atoms with Gasteiger partial charge in [0.25, 0.3) is 0 Å². The summed E-state index contributed by atoms with van der Waals surface area (Å²) in [6, 6.07) is 0. The summed E-state index contributed by atoms with van der Waals surface area (Å²) < 4.78 is 15.5. The second kappa shape index (κ2) is 13.5. The molecule has 0 aliphatic heterocycles. The predicted octanol–water partition coefficient (Wildman–Crippen LogP) is 4.98. The summed E-state index contributed by atoms with van der Waals surface area (Å²) in [5.41, 5.74) is -0.799. The van der Waals surface area contributed by atoms with E-state index < -0.39 is 17.6 Å². The molecule has 0 bridgehead atoms. The van der Waals surface area contributed by atoms with Crippen molar-refractivity contribution in [1.82, 2.24) is 4.90 Å². The van der Waals surface area contributed by atoms with Crippen LogP contribution in [0.4, 0.5) is 4.79 Å². The molecule has 7 nitrogen and oxygen atoms in total. The molecule has 0 unspecified atom stereocenters. The minimum absolute atomic E-state index is 0.0871. The molecule has 0 fully saturated rings. The molecule has 0 N–H and O–H groups in total. The second-order valence-corrected chi connectivity index (χ2v) is 10.4. The van der Waals surface area contributed by atoms with E-state index >= 15 is 0 Å². The first-order chi connectivity index (χ1) is 14.2. The van der Waals surface area contributed by atoms with Crippen molar-refractivity contribution in [3.8, 4) is 0 Å². The van der Waals surface area contributed by atoms with Crippen LogP contribution in [0.15, 0.2) is 12.2 Å². The minimum atomic E-state index is -0.659. The van der Waals surface area contributed by atoms with Crippen molar-refractivity contribution in [3.05, 3.63) is 12.2 Å². The third-order valence-electron chi connectivity index (χ3n) is 3.98. The van der Waals surface area contributed by atoms with E-state index in [0.717, 1.165) is 0 Å². The zero-order valence-corrected chi connectivity index (χ0v) is 20.9. The molecule has 31 heavy (non-hydrogen) atoms. The van der Waals surface area contributed by atoms with Gasteiger partial charge < -0.3 is 14.2 Å². The van der Waals surface area contributed by atoms with Crippen molar-refractivity contribution < 1.29 is 28.6 Å². The quantitative estimate of drug-likeness (QED) is 0.255. The summed E-state index contributed by atoms with van der Waals surface area (Å²) in [5, 5.41) is 0. The molecular formula is C24H43NO6. The van der Waals surface area contributed by atoms with Gasteiger partial charge in [-0.15, -0.1) is 0 Å². The standard InChI is InChI=1S/C24H43NO6/c1-18(2)16-19(12-10-11-13-20(26)31-24(6,7)8)21(27)25(17-23(3,4)5)22(28)30-15-14-29-9/h10,12,18-19H,11,13-17H2,1-9H3/t19-/m0/s1. The van der Waals surface area contributed by atoms with E-state index in [9.17, 15) is 14.4 Å². The summed E-state index contributed by atoms with van der Waals surface area (Å²) in [4.78, 5) is 39.0. The van der Waals surface area contributed by atoms with Gasteiger partial charge in [0.1, 0.15) is 12.2 Å². The molecule has 180 valence electrons. The molecule has 0 aromatic heterocycles. The number of nitrogens with zero attached hydrogens (tertiary/aromatic N) is 1. The van der Waals surface area contributed by atoms with Crippen molar-refractivity contribution in [2.75, 3.05) is 26.9 Å². The summed E-state index contributed by atoms with van der Waals surface area (Å²) in [6.07, 6.45) is 4.25. The van der Waals surface area contributed by atoms with Crippen LogP contribution in [0.25, 0.3) is 0 Å². The van der Waals surface area contributed by atoms with Gasteiger partial charge in [-0.05, 0) is 44.9 Å². The van der Waals surface area contributed by atoms with Gasteiger partial charge >= 0.3 is 12.1 Å². The fraction of sp³-hybridized carbons (Fsp3) is 0.792. The molecular weight excluding hydrogens is 398 g/mol. The Hall–Kier alpha value is -1.89. The van der Waals surface area contributed by atoms with E-state index in [4.69, 9.17) is 14.2 Å². The fourth-order valence-electron chi connectivity index (χ4n) is 2.82. The van der Waals surface area contributed by atoms with Crippen LogP contribution in [-0.2, 0) is 23.8 Å². The maximum absolute atomic E-state index is 13.3. The Morgan fingerprint density at radius 2 is 1.61 bits per heavy atom. The summed E-state index contributed by atoms with van der Waals surface area (Å²) in [6.45, 7) is 16.0. The van der Waals surface area contributed by atoms with Crippen LogP contribution < -0.4 is 0 Å². The zero-order chi connectivity index (χ0) is 24.2. The Kier molecular flexibility index (Phi) is 12.7. The van der Waals surface area contributed by atoms with Crippen LogP contribution >= 0.6 is 0 Å². The van der Waals surface area contributed by atoms with Gasteiger partial charge in [-0.25, -0.2) is 9.69 Å². The van der Waals surface area contributed by atoms with E-state index in [-0.39, 0.29) is 49.4 Å². The molecule has 0 aliphatic rings. The summed E-state index contributed by atoms with van der Waals surface area (Å²) in [7, 11) is 1.52. The van der Waals surface area contributed by atoms with Gasteiger partial charge in [0, 0.05) is 20.1 Å². The monoisotopic (exact) mass is 441 g/mol. The largest absolute Gasteiger partial charge is 0.460 e. The molecule has 1 atom stereocenters. The highest BCUT2D eigenvalue weighted by Gasteiger charge is 2.32. The summed E-state index contributed by atoms with van der Waals surface area (Å²) in [5.74, 6) is -0.791. The van der Waals surface area contributed by atoms with Gasteiger partial charge in [0.2, 0.25) is 5.91 Å². The van der Waals surface area contributed by atoms with Crippen molar-refractivity contribution in [3.63, 3.8) is 0 Å². The average Bonchev–Trinajstić information content (AvgIpc) is 2.59. The Balaban J connectivity index is 5.31. The van der Waals surface area contributed by atoms with Crippen molar-refractivity contribution in [2.24, 2.45) is 17.3 Å². The number of allylic oxidation sites excluding steroid dienone is 1. The predicted molar refractivity (Wildman–Crippen MR) is 122 cm³/mol. The highest BCUT2D eigenvalue weighted by molar-refractivity contribution is 5.94. The number of imide groups is 1. The third-order valence-corrected chi connectivity index (χ3v) is 3.98. The molecule has 2 amide bonds. The number of ether oxygens (including phenoxy) is 3. The van der Waals surface area contributed by atoms with Crippen molar-refractivity contribution in [2.45, 2.75) is 80.3 Å². The molecule has 0 saturated heterocycles. The van der Waals surface area contributed by atoms with Gasteiger partial charge in [-0.1, -0.05) is 46.8 Å². The molecule has 7 heteroatoms. The number of carbonyl (C=O) groups excluding carboxylic acids is 3. The normalized spacial score (nSPS) is 13.4. The Morgan fingerprint density at radius 3 is 2.10 bits per heavy atom. The Labute approximate surface area is 188 Å². The van der Waals surface area contributed by atoms with E-state index in [2.05, 4.69) is 0 Å². The number of rotatable bonds is 11. The zero-order valence-electron chi connectivity index (χ0n) is 20.9. The first-order valence-corrected chi connectivity index (χ1v) is 11.0. The van der Waals surface area contributed by atoms with Gasteiger partial charge in [0.15, 0.2) is 0 Å². The Morgan fingerprint density at radius 1 is 1.00 bits per heavy atom. The van der Waals surface area contributed by atoms with Gasteiger partial charge in [-0.3, -0.25) is 9.59 Å². The molecule has 0 spiro atoms. The lowest BCUT2D eigenvalue weighted by atomic mass is 9.92. The highest BCUT2D eigenvalue weighted by Crippen LogP contribution is 2.22. The van der Waals surface area contributed by atoms with Crippen molar-refractivity contribution >= 4 is 18.0 Å². The van der Waals surface area contributed by atoms with E-state index in [1.807, 2.05) is 61.5 Å². The number of amides is 2. The van der Waals surface area contributed by atoms with Gasteiger partial charge in [0.05, 0.1) is 12.5 Å². The van der Waals surface area contributed by atoms with Crippen molar-refractivity contribution in [1.29, 1.82) is 0 Å². The fourth-order valence-corrected chi connectivity index (χ4v) is 2.82. The van der Waals surface area contributed by atoms with Crippen LogP contribution in [0.1, 0.15) is 74.7 Å². The van der Waals surface area contributed by atoms with Crippen LogP contribution in [0.3, 0.4) is 0 Å². The number of hydrogen-bond donors (Lipinski definition) is 0. The van der Waals surface area contributed by atoms with E-state index in [0.29, 0.717) is 12.8 Å². The van der Waals surface area contributed by atoms with Crippen LogP contribution in [0.5, 0.6) is 0 Å². The number of hydrogen-bond acceptors (Lipinski definition) is 6. The molecule has 0 saturated carbocycles.